The highest BCUT2D eigenvalue weighted by atomic mass is 19.1. The maximum Gasteiger partial charge on any atom is 0.272 e. The molecule has 5 nitrogen and oxygen atoms in total. The Morgan fingerprint density at radius 2 is 1.92 bits per heavy atom. The predicted molar refractivity (Wildman–Crippen MR) is 99.2 cm³/mol. The van der Waals surface area contributed by atoms with E-state index in [-0.39, 0.29) is 11.7 Å². The van der Waals surface area contributed by atoms with Crippen LogP contribution in [0.25, 0.3) is 16.6 Å². The summed E-state index contributed by atoms with van der Waals surface area (Å²) in [5, 5.41) is 8.05. The van der Waals surface area contributed by atoms with E-state index < -0.39 is 0 Å². The number of halogens is 1. The molecule has 2 aromatic carbocycles. The van der Waals surface area contributed by atoms with Gasteiger partial charge in [-0.1, -0.05) is 12.1 Å². The molecule has 6 heteroatoms. The molecule has 1 amide bonds. The van der Waals surface area contributed by atoms with Gasteiger partial charge in [0.05, 0.1) is 17.1 Å². The molecule has 0 bridgehead atoms. The quantitative estimate of drug-likeness (QED) is 0.578. The Morgan fingerprint density at radius 1 is 1.12 bits per heavy atom. The van der Waals surface area contributed by atoms with Crippen molar-refractivity contribution in [3.63, 3.8) is 0 Å². The number of hydrogen-bond donors (Lipinski definition) is 2. The lowest BCUT2D eigenvalue weighted by atomic mass is 10.2. The molecular formula is C20H17FN4O. The van der Waals surface area contributed by atoms with Gasteiger partial charge in [-0.25, -0.2) is 9.07 Å². The van der Waals surface area contributed by atoms with Gasteiger partial charge in [-0.05, 0) is 56.3 Å². The third-order valence-electron chi connectivity index (χ3n) is 4.22. The van der Waals surface area contributed by atoms with E-state index >= 15 is 0 Å². The van der Waals surface area contributed by atoms with Gasteiger partial charge < -0.3 is 10.3 Å². The van der Waals surface area contributed by atoms with E-state index in [1.807, 2.05) is 44.2 Å². The molecule has 0 spiro atoms. The zero-order valence-corrected chi connectivity index (χ0v) is 14.4. The van der Waals surface area contributed by atoms with Crippen LogP contribution in [0, 0.1) is 19.7 Å². The van der Waals surface area contributed by atoms with Crippen LogP contribution in [0.2, 0.25) is 0 Å². The number of aryl methyl sites for hydroxylation is 2. The summed E-state index contributed by atoms with van der Waals surface area (Å²) in [6, 6.07) is 15.5. The van der Waals surface area contributed by atoms with Crippen LogP contribution in [-0.2, 0) is 0 Å². The van der Waals surface area contributed by atoms with Gasteiger partial charge in [0.1, 0.15) is 11.5 Å². The number of carbonyl (C=O) groups is 1. The summed E-state index contributed by atoms with van der Waals surface area (Å²) in [6.45, 7) is 3.89. The minimum Gasteiger partial charge on any atom is -0.351 e. The monoisotopic (exact) mass is 348 g/mol. The van der Waals surface area contributed by atoms with Crippen LogP contribution in [0.5, 0.6) is 0 Å². The highest BCUT2D eigenvalue weighted by Crippen LogP contribution is 2.23. The Balaban J connectivity index is 1.68. The van der Waals surface area contributed by atoms with Gasteiger partial charge in [0.25, 0.3) is 5.91 Å². The number of H-pyrrole nitrogens is 1. The first-order valence-corrected chi connectivity index (χ1v) is 8.23. The standard InChI is InChI=1S/C20H17FN4O/c1-12-9-13(2)25(24-12)19-6-4-3-5-17(19)23-20(26)18-11-14-10-15(21)7-8-16(14)22-18/h3-11,22H,1-2H3,(H,23,26). The lowest BCUT2D eigenvalue weighted by Crippen LogP contribution is -2.14. The number of para-hydroxylation sites is 2. The van der Waals surface area contributed by atoms with Crippen molar-refractivity contribution in [2.24, 2.45) is 0 Å². The van der Waals surface area contributed by atoms with Crippen molar-refractivity contribution in [1.29, 1.82) is 0 Å². The van der Waals surface area contributed by atoms with E-state index in [0.29, 0.717) is 22.3 Å². The van der Waals surface area contributed by atoms with Crippen LogP contribution in [0.4, 0.5) is 10.1 Å². The molecule has 0 fully saturated rings. The summed E-state index contributed by atoms with van der Waals surface area (Å²) in [5.74, 6) is -0.631. The fourth-order valence-electron chi connectivity index (χ4n) is 3.05. The van der Waals surface area contributed by atoms with Crippen molar-refractivity contribution >= 4 is 22.5 Å². The SMILES string of the molecule is Cc1cc(C)n(-c2ccccc2NC(=O)c2cc3cc(F)ccc3[nH]2)n1. The summed E-state index contributed by atoms with van der Waals surface area (Å²) in [4.78, 5) is 15.7. The zero-order chi connectivity index (χ0) is 18.3. The normalized spacial score (nSPS) is 11.0. The topological polar surface area (TPSA) is 62.7 Å². The van der Waals surface area contributed by atoms with Crippen LogP contribution in [0.15, 0.2) is 54.6 Å². The molecule has 0 atom stereocenters. The average Bonchev–Trinajstić information content (AvgIpc) is 3.17. The first-order valence-electron chi connectivity index (χ1n) is 8.23. The van der Waals surface area contributed by atoms with Crippen molar-refractivity contribution in [1.82, 2.24) is 14.8 Å². The van der Waals surface area contributed by atoms with Gasteiger partial charge in [-0.15, -0.1) is 0 Å². The number of aromatic nitrogens is 3. The number of hydrogen-bond acceptors (Lipinski definition) is 2. The van der Waals surface area contributed by atoms with Crippen LogP contribution in [-0.4, -0.2) is 20.7 Å². The summed E-state index contributed by atoms with van der Waals surface area (Å²) in [6.07, 6.45) is 0. The number of rotatable bonds is 3. The minimum atomic E-state index is -0.335. The van der Waals surface area contributed by atoms with Crippen molar-refractivity contribution in [3.8, 4) is 5.69 Å². The lowest BCUT2D eigenvalue weighted by Gasteiger charge is -2.12. The Kier molecular flexibility index (Phi) is 3.80. The number of amides is 1. The number of fused-ring (bicyclic) bond motifs is 1. The number of nitrogens with zero attached hydrogens (tertiary/aromatic N) is 2. The first-order chi connectivity index (χ1) is 12.5. The van der Waals surface area contributed by atoms with Gasteiger partial charge >= 0.3 is 0 Å². The average molecular weight is 348 g/mol. The molecule has 26 heavy (non-hydrogen) atoms. The van der Waals surface area contributed by atoms with Crippen molar-refractivity contribution in [3.05, 3.63) is 77.5 Å². The zero-order valence-electron chi connectivity index (χ0n) is 14.4. The number of aromatic amines is 1. The van der Waals surface area contributed by atoms with Crippen LogP contribution < -0.4 is 5.32 Å². The van der Waals surface area contributed by atoms with Gasteiger partial charge in [0.15, 0.2) is 0 Å². The summed E-state index contributed by atoms with van der Waals surface area (Å²) in [5.41, 5.74) is 4.39. The maximum absolute atomic E-state index is 13.4. The van der Waals surface area contributed by atoms with Crippen molar-refractivity contribution in [2.45, 2.75) is 13.8 Å². The van der Waals surface area contributed by atoms with Crippen LogP contribution in [0.1, 0.15) is 21.9 Å². The fourth-order valence-corrected chi connectivity index (χ4v) is 3.05. The highest BCUT2D eigenvalue weighted by molar-refractivity contribution is 6.06. The summed E-state index contributed by atoms with van der Waals surface area (Å²) >= 11 is 0. The maximum atomic E-state index is 13.4. The number of nitrogens with one attached hydrogen (secondary N) is 2. The third kappa shape index (κ3) is 2.86. The van der Waals surface area contributed by atoms with E-state index in [1.54, 1.807) is 16.8 Å². The molecule has 4 rings (SSSR count). The van der Waals surface area contributed by atoms with E-state index in [2.05, 4.69) is 15.4 Å². The molecular weight excluding hydrogens is 331 g/mol. The molecule has 0 saturated carbocycles. The van der Waals surface area contributed by atoms with E-state index in [4.69, 9.17) is 0 Å². The Morgan fingerprint density at radius 3 is 2.69 bits per heavy atom. The first kappa shape index (κ1) is 16.1. The molecule has 0 unspecified atom stereocenters. The Bertz CT molecular complexity index is 1130. The highest BCUT2D eigenvalue weighted by Gasteiger charge is 2.14. The van der Waals surface area contributed by atoms with Gasteiger partial charge in [-0.3, -0.25) is 4.79 Å². The van der Waals surface area contributed by atoms with Crippen molar-refractivity contribution in [2.75, 3.05) is 5.32 Å². The summed E-state index contributed by atoms with van der Waals surface area (Å²) < 4.78 is 15.1. The van der Waals surface area contributed by atoms with Gasteiger partial charge in [0, 0.05) is 16.6 Å². The molecule has 0 radical (unpaired) electrons. The Labute approximate surface area is 149 Å². The molecule has 0 aliphatic rings. The van der Waals surface area contributed by atoms with Gasteiger partial charge in [-0.2, -0.15) is 5.10 Å². The third-order valence-corrected chi connectivity index (χ3v) is 4.22. The lowest BCUT2D eigenvalue weighted by molar-refractivity contribution is 0.102. The molecule has 2 N–H and O–H groups in total. The second kappa shape index (κ2) is 6.15. The largest absolute Gasteiger partial charge is 0.351 e. The predicted octanol–water partition coefficient (Wildman–Crippen LogP) is 4.36. The number of anilines is 1. The number of carbonyl (C=O) groups excluding carboxylic acids is 1. The second-order valence-corrected chi connectivity index (χ2v) is 6.22. The molecule has 0 aliphatic heterocycles. The van der Waals surface area contributed by atoms with Crippen molar-refractivity contribution < 1.29 is 9.18 Å². The molecule has 2 aromatic heterocycles. The molecule has 2 heterocycles. The summed E-state index contributed by atoms with van der Waals surface area (Å²) in [7, 11) is 0. The van der Waals surface area contributed by atoms with E-state index in [0.717, 1.165) is 17.1 Å². The molecule has 4 aromatic rings. The van der Waals surface area contributed by atoms with Gasteiger partial charge in [0.2, 0.25) is 0 Å². The van der Waals surface area contributed by atoms with E-state index in [9.17, 15) is 9.18 Å². The van der Waals surface area contributed by atoms with E-state index in [1.165, 1.54) is 12.1 Å². The second-order valence-electron chi connectivity index (χ2n) is 6.22. The molecule has 130 valence electrons. The smallest absolute Gasteiger partial charge is 0.272 e. The Hall–Kier alpha value is -3.41. The van der Waals surface area contributed by atoms with Crippen LogP contribution >= 0.6 is 0 Å². The number of benzene rings is 2. The fraction of sp³-hybridized carbons (Fsp3) is 0.100. The molecule has 0 aliphatic carbocycles. The molecule has 0 saturated heterocycles. The van der Waals surface area contributed by atoms with Crippen LogP contribution in [0.3, 0.4) is 0 Å². The minimum absolute atomic E-state index is 0.296.